The lowest BCUT2D eigenvalue weighted by atomic mass is 10.1. The molecule has 0 unspecified atom stereocenters. The first-order chi connectivity index (χ1) is 14.8. The van der Waals surface area contributed by atoms with Crippen LogP contribution in [0, 0.1) is 0 Å². The summed E-state index contributed by atoms with van der Waals surface area (Å²) in [6, 6.07) is 12.6. The lowest BCUT2D eigenvalue weighted by Gasteiger charge is -2.30. The van der Waals surface area contributed by atoms with Crippen LogP contribution in [0.4, 0.5) is 5.69 Å². The Bertz CT molecular complexity index is 998. The second kappa shape index (κ2) is 10.2. The fourth-order valence-electron chi connectivity index (χ4n) is 3.69. The maximum atomic E-state index is 13.1. The van der Waals surface area contributed by atoms with Gasteiger partial charge >= 0.3 is 0 Å². The van der Waals surface area contributed by atoms with Gasteiger partial charge in [-0.2, -0.15) is 0 Å². The molecule has 0 spiro atoms. The van der Waals surface area contributed by atoms with Gasteiger partial charge in [0.25, 0.3) is 5.91 Å². The number of carbonyl (C=O) groups is 1. The minimum Gasteiger partial charge on any atom is -0.497 e. The van der Waals surface area contributed by atoms with E-state index in [1.54, 1.807) is 19.2 Å². The van der Waals surface area contributed by atoms with E-state index in [1.165, 1.54) is 26.6 Å². The van der Waals surface area contributed by atoms with Crippen molar-refractivity contribution in [1.82, 2.24) is 9.62 Å². The van der Waals surface area contributed by atoms with Crippen LogP contribution in [0.15, 0.2) is 47.4 Å². The van der Waals surface area contributed by atoms with Crippen molar-refractivity contribution in [2.45, 2.75) is 30.6 Å². The fraction of sp³-hybridized carbons (Fsp3) is 0.435. The van der Waals surface area contributed by atoms with Gasteiger partial charge in [-0.3, -0.25) is 4.79 Å². The van der Waals surface area contributed by atoms with E-state index in [2.05, 4.69) is 10.2 Å². The highest BCUT2D eigenvalue weighted by Crippen LogP contribution is 2.28. The lowest BCUT2D eigenvalue weighted by molar-refractivity contribution is 0.0954. The fourth-order valence-corrected chi connectivity index (χ4v) is 4.62. The molecule has 0 bridgehead atoms. The van der Waals surface area contributed by atoms with Gasteiger partial charge in [-0.05, 0) is 61.6 Å². The van der Waals surface area contributed by atoms with E-state index in [0.717, 1.165) is 47.2 Å². The Labute approximate surface area is 185 Å². The summed E-state index contributed by atoms with van der Waals surface area (Å²) < 4.78 is 31.6. The molecule has 7 nitrogen and oxygen atoms in total. The second-order valence-electron chi connectivity index (χ2n) is 7.87. The van der Waals surface area contributed by atoms with Crippen molar-refractivity contribution >= 4 is 21.6 Å². The zero-order valence-electron chi connectivity index (χ0n) is 18.4. The summed E-state index contributed by atoms with van der Waals surface area (Å²) in [7, 11) is 0.974. The number of nitrogens with zero attached hydrogens (tertiary/aromatic N) is 2. The molecular formula is C23H31N3O4S. The summed E-state index contributed by atoms with van der Waals surface area (Å²) in [4.78, 5) is 15.4. The highest BCUT2D eigenvalue weighted by Gasteiger charge is 2.24. The Kier molecular flexibility index (Phi) is 7.56. The Morgan fingerprint density at radius 2 is 1.74 bits per heavy atom. The van der Waals surface area contributed by atoms with E-state index in [-0.39, 0.29) is 10.8 Å². The van der Waals surface area contributed by atoms with E-state index >= 15 is 0 Å². The summed E-state index contributed by atoms with van der Waals surface area (Å²) in [5.41, 5.74) is 2.28. The highest BCUT2D eigenvalue weighted by molar-refractivity contribution is 7.89. The van der Waals surface area contributed by atoms with Crippen molar-refractivity contribution in [3.63, 3.8) is 0 Å². The van der Waals surface area contributed by atoms with Crippen LogP contribution in [0.25, 0.3) is 0 Å². The third-order valence-electron chi connectivity index (χ3n) is 5.55. The van der Waals surface area contributed by atoms with Crippen LogP contribution >= 0.6 is 0 Å². The number of piperidine rings is 1. The molecule has 8 heteroatoms. The van der Waals surface area contributed by atoms with Crippen LogP contribution in [0.5, 0.6) is 5.75 Å². The molecule has 1 aliphatic rings. The Hall–Kier alpha value is -2.58. The normalized spacial score (nSPS) is 14.5. The molecule has 1 N–H and O–H groups in total. The van der Waals surface area contributed by atoms with Crippen molar-refractivity contribution in [2.24, 2.45) is 0 Å². The van der Waals surface area contributed by atoms with E-state index in [0.29, 0.717) is 18.5 Å². The Morgan fingerprint density at radius 1 is 1.06 bits per heavy atom. The number of rotatable bonds is 8. The number of amides is 1. The number of ether oxygens (including phenoxy) is 1. The first-order valence-corrected chi connectivity index (χ1v) is 12.0. The molecule has 2 aromatic carbocycles. The molecule has 3 rings (SSSR count). The standard InChI is InChI=1S/C23H31N3O4S/c1-25(2)31(28,29)20-11-12-22(26-15-5-4-6-16-26)21(17-20)23(27)24-14-13-18-7-9-19(30-3)10-8-18/h7-12,17H,4-6,13-16H2,1-3H3,(H,24,27). The van der Waals surface area contributed by atoms with Crippen LogP contribution in [0.2, 0.25) is 0 Å². The van der Waals surface area contributed by atoms with E-state index in [9.17, 15) is 13.2 Å². The van der Waals surface area contributed by atoms with Crippen LogP contribution < -0.4 is 15.0 Å². The number of methoxy groups -OCH3 is 1. The summed E-state index contributed by atoms with van der Waals surface area (Å²) >= 11 is 0. The van der Waals surface area contributed by atoms with Gasteiger partial charge in [-0.1, -0.05) is 12.1 Å². The highest BCUT2D eigenvalue weighted by atomic mass is 32.2. The SMILES string of the molecule is COc1ccc(CCNC(=O)c2cc(S(=O)(=O)N(C)C)ccc2N2CCCCC2)cc1. The van der Waals surface area contributed by atoms with Gasteiger partial charge in [0.05, 0.1) is 17.6 Å². The summed E-state index contributed by atoms with van der Waals surface area (Å²) in [5, 5.41) is 2.96. The minimum atomic E-state index is -3.63. The third-order valence-corrected chi connectivity index (χ3v) is 7.36. The van der Waals surface area contributed by atoms with Crippen LogP contribution in [0.1, 0.15) is 35.2 Å². The van der Waals surface area contributed by atoms with Gasteiger partial charge < -0.3 is 15.0 Å². The molecule has 0 saturated carbocycles. The summed E-state index contributed by atoms with van der Waals surface area (Å²) in [5.74, 6) is 0.530. The van der Waals surface area contributed by atoms with Crippen molar-refractivity contribution < 1.29 is 17.9 Å². The van der Waals surface area contributed by atoms with E-state index in [1.807, 2.05) is 24.3 Å². The van der Waals surface area contributed by atoms with Gasteiger partial charge in [0, 0.05) is 39.4 Å². The van der Waals surface area contributed by atoms with Gasteiger partial charge in [0.15, 0.2) is 0 Å². The number of hydrogen-bond acceptors (Lipinski definition) is 5. The topological polar surface area (TPSA) is 78.9 Å². The molecule has 1 aliphatic heterocycles. The summed E-state index contributed by atoms with van der Waals surface area (Å²) in [6.45, 7) is 2.19. The second-order valence-corrected chi connectivity index (χ2v) is 10.0. The number of nitrogens with one attached hydrogen (secondary N) is 1. The third kappa shape index (κ3) is 5.57. The quantitative estimate of drug-likeness (QED) is 0.676. The molecular weight excluding hydrogens is 414 g/mol. The number of benzene rings is 2. The van der Waals surface area contributed by atoms with Gasteiger partial charge in [0.1, 0.15) is 5.75 Å². The van der Waals surface area contributed by atoms with Gasteiger partial charge in [0.2, 0.25) is 10.0 Å². The Morgan fingerprint density at radius 3 is 2.35 bits per heavy atom. The van der Waals surface area contributed by atoms with Gasteiger partial charge in [-0.25, -0.2) is 12.7 Å². The average molecular weight is 446 g/mol. The predicted octanol–water partition coefficient (Wildman–Crippen LogP) is 2.91. The van der Waals surface area contributed by atoms with Crippen LogP contribution in [-0.4, -0.2) is 59.5 Å². The lowest BCUT2D eigenvalue weighted by Crippen LogP contribution is -2.33. The molecule has 1 heterocycles. The zero-order chi connectivity index (χ0) is 22.4. The van der Waals surface area contributed by atoms with E-state index < -0.39 is 10.0 Å². The van der Waals surface area contributed by atoms with Crippen molar-refractivity contribution in [3.05, 3.63) is 53.6 Å². The van der Waals surface area contributed by atoms with Crippen molar-refractivity contribution in [1.29, 1.82) is 0 Å². The molecule has 2 aromatic rings. The van der Waals surface area contributed by atoms with E-state index in [4.69, 9.17) is 4.74 Å². The Balaban J connectivity index is 1.80. The molecule has 0 aromatic heterocycles. The number of hydrogen-bond donors (Lipinski definition) is 1. The van der Waals surface area contributed by atoms with Crippen molar-refractivity contribution in [3.8, 4) is 5.75 Å². The van der Waals surface area contributed by atoms with Crippen molar-refractivity contribution in [2.75, 3.05) is 45.7 Å². The zero-order valence-corrected chi connectivity index (χ0v) is 19.2. The summed E-state index contributed by atoms with van der Waals surface area (Å²) in [6.07, 6.45) is 3.98. The molecule has 1 amide bonds. The van der Waals surface area contributed by atoms with Crippen LogP contribution in [-0.2, 0) is 16.4 Å². The minimum absolute atomic E-state index is 0.124. The maximum absolute atomic E-state index is 13.1. The van der Waals surface area contributed by atoms with Crippen LogP contribution in [0.3, 0.4) is 0 Å². The molecule has 0 aliphatic carbocycles. The maximum Gasteiger partial charge on any atom is 0.253 e. The molecule has 0 atom stereocenters. The number of anilines is 1. The molecule has 1 saturated heterocycles. The molecule has 0 radical (unpaired) electrons. The largest absolute Gasteiger partial charge is 0.497 e. The smallest absolute Gasteiger partial charge is 0.253 e. The number of carbonyl (C=O) groups excluding carboxylic acids is 1. The predicted molar refractivity (Wildman–Crippen MR) is 122 cm³/mol. The first kappa shape index (κ1) is 23.1. The average Bonchev–Trinajstić information content (AvgIpc) is 2.79. The molecule has 168 valence electrons. The van der Waals surface area contributed by atoms with Gasteiger partial charge in [-0.15, -0.1) is 0 Å². The first-order valence-electron chi connectivity index (χ1n) is 10.6. The number of sulfonamides is 1. The molecule has 31 heavy (non-hydrogen) atoms. The molecule has 1 fully saturated rings. The monoisotopic (exact) mass is 445 g/mol.